The second-order valence-corrected chi connectivity index (χ2v) is 8.02. The van der Waals surface area contributed by atoms with Gasteiger partial charge in [-0.25, -0.2) is 8.42 Å². The van der Waals surface area contributed by atoms with E-state index in [0.717, 1.165) is 5.56 Å². The standard InChI is InChI=1S/C17H18ClNO4S/c18-13-7-5-12(6-8-13)11-15-17(21)14-3-1-2-4-16(14)24(22,23)19(15)9-10-20/h1-8,15,17,20-21H,9-11H2. The minimum Gasteiger partial charge on any atom is -0.395 e. The van der Waals surface area contributed by atoms with Gasteiger partial charge in [0.2, 0.25) is 10.0 Å². The van der Waals surface area contributed by atoms with Crippen LogP contribution in [0.15, 0.2) is 53.4 Å². The van der Waals surface area contributed by atoms with Crippen LogP contribution in [0.2, 0.25) is 5.02 Å². The third-order valence-corrected chi connectivity index (χ3v) is 6.49. The number of β-amino-alcohol motifs (C(OH)–C–C–N with tert-alkyl or cyclic N) is 1. The Morgan fingerprint density at radius 2 is 1.75 bits per heavy atom. The van der Waals surface area contributed by atoms with Crippen molar-refractivity contribution >= 4 is 21.6 Å². The van der Waals surface area contributed by atoms with Crippen molar-refractivity contribution in [2.75, 3.05) is 13.2 Å². The number of hydrogen-bond donors (Lipinski definition) is 2. The van der Waals surface area contributed by atoms with Gasteiger partial charge in [0, 0.05) is 17.1 Å². The highest BCUT2D eigenvalue weighted by Gasteiger charge is 2.43. The van der Waals surface area contributed by atoms with E-state index in [0.29, 0.717) is 17.0 Å². The zero-order valence-corrected chi connectivity index (χ0v) is 14.4. The Kier molecular flexibility index (Phi) is 4.94. The molecule has 0 spiro atoms. The number of halogens is 1. The Morgan fingerprint density at radius 3 is 2.42 bits per heavy atom. The second-order valence-electron chi connectivity index (χ2n) is 5.72. The number of benzene rings is 2. The molecule has 2 atom stereocenters. The van der Waals surface area contributed by atoms with E-state index in [-0.39, 0.29) is 18.0 Å². The minimum atomic E-state index is -3.77. The highest BCUT2D eigenvalue weighted by Crippen LogP contribution is 2.37. The Morgan fingerprint density at radius 1 is 1.08 bits per heavy atom. The Bertz CT molecular complexity index is 823. The van der Waals surface area contributed by atoms with Crippen LogP contribution in [0.1, 0.15) is 17.2 Å². The molecule has 0 aliphatic carbocycles. The second kappa shape index (κ2) is 6.82. The van der Waals surface area contributed by atoms with Crippen molar-refractivity contribution in [3.05, 3.63) is 64.7 Å². The Labute approximate surface area is 146 Å². The molecule has 0 fully saturated rings. The number of rotatable bonds is 4. The average molecular weight is 368 g/mol. The van der Waals surface area contributed by atoms with E-state index in [2.05, 4.69) is 0 Å². The fraction of sp³-hybridized carbons (Fsp3) is 0.294. The molecule has 2 aromatic rings. The Balaban J connectivity index is 2.04. The lowest BCUT2D eigenvalue weighted by Crippen LogP contribution is -2.50. The number of aliphatic hydroxyl groups is 2. The van der Waals surface area contributed by atoms with Gasteiger partial charge >= 0.3 is 0 Å². The molecule has 1 heterocycles. The first-order chi connectivity index (χ1) is 11.4. The largest absolute Gasteiger partial charge is 0.395 e. The molecule has 1 aliphatic heterocycles. The van der Waals surface area contributed by atoms with Gasteiger partial charge in [-0.05, 0) is 30.2 Å². The van der Waals surface area contributed by atoms with Gasteiger partial charge in [0.25, 0.3) is 0 Å². The first kappa shape index (κ1) is 17.4. The van der Waals surface area contributed by atoms with Crippen LogP contribution in [-0.4, -0.2) is 42.1 Å². The zero-order valence-electron chi connectivity index (χ0n) is 12.8. The summed E-state index contributed by atoms with van der Waals surface area (Å²) in [5.74, 6) is 0. The fourth-order valence-electron chi connectivity index (χ4n) is 3.09. The lowest BCUT2D eigenvalue weighted by atomic mass is 9.95. The molecule has 24 heavy (non-hydrogen) atoms. The highest BCUT2D eigenvalue weighted by atomic mass is 35.5. The van der Waals surface area contributed by atoms with Gasteiger partial charge in [-0.3, -0.25) is 0 Å². The monoisotopic (exact) mass is 367 g/mol. The molecule has 7 heteroatoms. The molecule has 0 amide bonds. The molecule has 0 aromatic heterocycles. The van der Waals surface area contributed by atoms with Gasteiger partial charge in [0.05, 0.1) is 23.6 Å². The first-order valence-corrected chi connectivity index (χ1v) is 9.41. The van der Waals surface area contributed by atoms with Gasteiger partial charge < -0.3 is 10.2 Å². The number of hydrogen-bond acceptors (Lipinski definition) is 4. The average Bonchev–Trinajstić information content (AvgIpc) is 2.58. The predicted octanol–water partition coefficient (Wildman–Crippen LogP) is 1.98. The molecule has 0 bridgehead atoms. The molecule has 2 unspecified atom stereocenters. The minimum absolute atomic E-state index is 0.0635. The van der Waals surface area contributed by atoms with Gasteiger partial charge in [-0.1, -0.05) is 41.9 Å². The number of nitrogens with zero attached hydrogens (tertiary/aromatic N) is 1. The van der Waals surface area contributed by atoms with E-state index in [1.165, 1.54) is 10.4 Å². The smallest absolute Gasteiger partial charge is 0.243 e. The highest BCUT2D eigenvalue weighted by molar-refractivity contribution is 7.89. The molecule has 5 nitrogen and oxygen atoms in total. The molecule has 1 aliphatic rings. The number of fused-ring (bicyclic) bond motifs is 1. The van der Waals surface area contributed by atoms with Crippen molar-refractivity contribution in [2.45, 2.75) is 23.5 Å². The lowest BCUT2D eigenvalue weighted by Gasteiger charge is -2.39. The summed E-state index contributed by atoms with van der Waals surface area (Å²) in [6.45, 7) is -0.378. The molecular formula is C17H18ClNO4S. The summed E-state index contributed by atoms with van der Waals surface area (Å²) < 4.78 is 26.9. The van der Waals surface area contributed by atoms with Crippen molar-refractivity contribution in [3.8, 4) is 0 Å². The summed E-state index contributed by atoms with van der Waals surface area (Å²) in [5.41, 5.74) is 1.26. The van der Waals surface area contributed by atoms with Gasteiger partial charge in [0.15, 0.2) is 0 Å². The molecule has 128 valence electrons. The van der Waals surface area contributed by atoms with E-state index in [9.17, 15) is 18.6 Å². The van der Waals surface area contributed by atoms with E-state index in [1.807, 2.05) is 0 Å². The maximum Gasteiger partial charge on any atom is 0.243 e. The maximum atomic E-state index is 12.9. The van der Waals surface area contributed by atoms with Crippen LogP contribution in [0.25, 0.3) is 0 Å². The van der Waals surface area contributed by atoms with Crippen molar-refractivity contribution in [1.29, 1.82) is 0 Å². The number of sulfonamides is 1. The molecule has 2 N–H and O–H groups in total. The van der Waals surface area contributed by atoms with Crippen LogP contribution in [0.3, 0.4) is 0 Å². The summed E-state index contributed by atoms with van der Waals surface area (Å²) in [4.78, 5) is 0.0957. The summed E-state index contributed by atoms with van der Waals surface area (Å²) >= 11 is 5.88. The Hall–Kier alpha value is -1.44. The third-order valence-electron chi connectivity index (χ3n) is 4.24. The molecule has 2 aromatic carbocycles. The SMILES string of the molecule is O=S1(=O)c2ccccc2C(O)C(Cc2ccc(Cl)cc2)N1CCO. The third kappa shape index (κ3) is 3.08. The zero-order chi connectivity index (χ0) is 17.3. The molecule has 3 rings (SSSR count). The van der Waals surface area contributed by atoms with Crippen molar-refractivity contribution < 1.29 is 18.6 Å². The maximum absolute atomic E-state index is 12.9. The number of aliphatic hydroxyl groups excluding tert-OH is 2. The summed E-state index contributed by atoms with van der Waals surface area (Å²) in [5, 5.41) is 20.6. The lowest BCUT2D eigenvalue weighted by molar-refractivity contribution is 0.0725. The topological polar surface area (TPSA) is 77.8 Å². The quantitative estimate of drug-likeness (QED) is 0.866. The van der Waals surface area contributed by atoms with Crippen molar-refractivity contribution in [1.82, 2.24) is 4.31 Å². The van der Waals surface area contributed by atoms with Crippen LogP contribution < -0.4 is 0 Å². The van der Waals surface area contributed by atoms with Crippen molar-refractivity contribution in [3.63, 3.8) is 0 Å². The summed E-state index contributed by atoms with van der Waals surface area (Å²) in [7, 11) is -3.77. The normalized spacial score (nSPS) is 23.0. The van der Waals surface area contributed by atoms with Crippen LogP contribution in [-0.2, 0) is 16.4 Å². The summed E-state index contributed by atoms with van der Waals surface area (Å²) in [6.07, 6.45) is -0.640. The van der Waals surface area contributed by atoms with E-state index in [4.69, 9.17) is 11.6 Å². The van der Waals surface area contributed by atoms with E-state index >= 15 is 0 Å². The molecule has 0 saturated heterocycles. The van der Waals surface area contributed by atoms with E-state index < -0.39 is 22.2 Å². The van der Waals surface area contributed by atoms with Crippen LogP contribution in [0.5, 0.6) is 0 Å². The first-order valence-electron chi connectivity index (χ1n) is 7.59. The van der Waals surface area contributed by atoms with Crippen LogP contribution in [0.4, 0.5) is 0 Å². The van der Waals surface area contributed by atoms with Crippen molar-refractivity contribution in [2.24, 2.45) is 0 Å². The molecular weight excluding hydrogens is 350 g/mol. The van der Waals surface area contributed by atoms with Gasteiger partial charge in [-0.2, -0.15) is 4.31 Å². The molecule has 0 saturated carbocycles. The molecule has 0 radical (unpaired) electrons. The summed E-state index contributed by atoms with van der Waals surface area (Å²) in [6, 6.07) is 12.8. The van der Waals surface area contributed by atoms with Gasteiger partial charge in [0.1, 0.15) is 0 Å². The van der Waals surface area contributed by atoms with Gasteiger partial charge in [-0.15, -0.1) is 0 Å². The predicted molar refractivity (Wildman–Crippen MR) is 91.3 cm³/mol. The van der Waals surface area contributed by atoms with Crippen LogP contribution >= 0.6 is 11.6 Å². The van der Waals surface area contributed by atoms with E-state index in [1.54, 1.807) is 42.5 Å². The fourth-order valence-corrected chi connectivity index (χ4v) is 5.07. The van der Waals surface area contributed by atoms with Crippen LogP contribution in [0, 0.1) is 0 Å².